The average molecular weight is 589 g/mol. The first kappa shape index (κ1) is 26.6. The van der Waals surface area contributed by atoms with Crippen LogP contribution >= 0.6 is 46.4 Å². The van der Waals surface area contributed by atoms with Gasteiger partial charge >= 0.3 is 5.97 Å². The Labute approximate surface area is 239 Å². The van der Waals surface area contributed by atoms with E-state index in [0.717, 1.165) is 5.56 Å². The topological polar surface area (TPSA) is 64.6 Å². The smallest absolute Gasteiger partial charge is 0.336 e. The van der Waals surface area contributed by atoms with Crippen molar-refractivity contribution < 1.29 is 19.1 Å². The van der Waals surface area contributed by atoms with E-state index in [1.807, 2.05) is 18.2 Å². The summed E-state index contributed by atoms with van der Waals surface area (Å²) in [5, 5.41) is 4.68. The number of carbonyl (C=O) groups excluding carboxylic acids is 2. The van der Waals surface area contributed by atoms with E-state index in [9.17, 15) is 9.59 Å². The third-order valence-electron chi connectivity index (χ3n) is 6.49. The van der Waals surface area contributed by atoms with Gasteiger partial charge in [0.05, 0.1) is 27.9 Å². The predicted molar refractivity (Wildman–Crippen MR) is 150 cm³/mol. The van der Waals surface area contributed by atoms with Crippen molar-refractivity contribution in [2.24, 2.45) is 0 Å². The van der Waals surface area contributed by atoms with E-state index in [2.05, 4.69) is 5.32 Å². The summed E-state index contributed by atoms with van der Waals surface area (Å²) in [5.41, 5.74) is 4.61. The molecule has 1 heterocycles. The van der Waals surface area contributed by atoms with Crippen molar-refractivity contribution in [1.29, 1.82) is 0 Å². The molecule has 1 N–H and O–H groups in total. The number of hydrogen-bond acceptors (Lipinski definition) is 5. The van der Waals surface area contributed by atoms with Crippen LogP contribution in [0.15, 0.2) is 71.4 Å². The summed E-state index contributed by atoms with van der Waals surface area (Å²) < 4.78 is 11.3. The molecule has 9 heteroatoms. The van der Waals surface area contributed by atoms with Gasteiger partial charge in [0.15, 0.2) is 11.5 Å². The number of Topliss-reactive ketones (excluding diaryl/α,β-unsaturated/α-hetero) is 1. The van der Waals surface area contributed by atoms with E-state index in [4.69, 9.17) is 55.9 Å². The lowest BCUT2D eigenvalue weighted by molar-refractivity contribution is -0.138. The highest BCUT2D eigenvalue weighted by molar-refractivity contribution is 6.37. The molecule has 1 aliphatic heterocycles. The van der Waals surface area contributed by atoms with Gasteiger partial charge in [-0.3, -0.25) is 4.79 Å². The summed E-state index contributed by atoms with van der Waals surface area (Å²) in [6.07, 6.45) is 0. The monoisotopic (exact) mass is 587 g/mol. The molecule has 0 saturated carbocycles. The lowest BCUT2D eigenvalue weighted by Gasteiger charge is -2.29. The van der Waals surface area contributed by atoms with Gasteiger partial charge in [-0.15, -0.1) is 0 Å². The second kappa shape index (κ2) is 10.7. The van der Waals surface area contributed by atoms with Crippen LogP contribution in [-0.2, 0) is 16.1 Å². The molecule has 0 spiro atoms. The molecule has 38 heavy (non-hydrogen) atoms. The highest BCUT2D eigenvalue weighted by Gasteiger charge is 2.43. The lowest BCUT2D eigenvalue weighted by atomic mass is 9.80. The first-order chi connectivity index (χ1) is 18.2. The number of dihydropyridines is 1. The standard InChI is InChI=1S/C29H21Cl4NO4/c1-3-37-29(36)23-14(2)34-26-18-6-4-5-7-19(18)27(35)25(26)24(23)16-10-21(32)28(22(33)11-16)38-13-15-8-9-17(30)12-20(15)31/h4-12,24,34H,3,13H2,1-2H3/t24-/m0/s1. The molecule has 0 aromatic heterocycles. The van der Waals surface area contributed by atoms with Gasteiger partial charge in [-0.05, 0) is 43.7 Å². The molecule has 1 atom stereocenters. The van der Waals surface area contributed by atoms with E-state index >= 15 is 0 Å². The summed E-state index contributed by atoms with van der Waals surface area (Å²) >= 11 is 25.6. The number of benzene rings is 3. The zero-order valence-electron chi connectivity index (χ0n) is 20.3. The van der Waals surface area contributed by atoms with E-state index in [0.29, 0.717) is 49.3 Å². The zero-order chi connectivity index (χ0) is 27.1. The van der Waals surface area contributed by atoms with Crippen molar-refractivity contribution in [1.82, 2.24) is 5.32 Å². The largest absolute Gasteiger partial charge is 0.486 e. The molecular weight excluding hydrogens is 568 g/mol. The number of allylic oxidation sites excluding steroid dienone is 2. The Bertz CT molecular complexity index is 1540. The van der Waals surface area contributed by atoms with E-state index < -0.39 is 11.9 Å². The quantitative estimate of drug-likeness (QED) is 0.295. The van der Waals surface area contributed by atoms with Crippen molar-refractivity contribution in [2.45, 2.75) is 26.4 Å². The first-order valence-electron chi connectivity index (χ1n) is 11.8. The lowest BCUT2D eigenvalue weighted by Crippen LogP contribution is -2.29. The van der Waals surface area contributed by atoms with Crippen LogP contribution in [0, 0.1) is 0 Å². The fraction of sp³-hybridized carbons (Fsp3) is 0.172. The number of halogens is 4. The molecule has 0 saturated heterocycles. The Morgan fingerprint density at radius 1 is 0.947 bits per heavy atom. The van der Waals surface area contributed by atoms with E-state index in [-0.39, 0.29) is 34.8 Å². The molecular formula is C29H21Cl4NO4. The van der Waals surface area contributed by atoms with Gasteiger partial charge in [0.25, 0.3) is 0 Å². The predicted octanol–water partition coefficient (Wildman–Crippen LogP) is 8.01. The maximum absolute atomic E-state index is 13.6. The maximum atomic E-state index is 13.6. The van der Waals surface area contributed by atoms with Gasteiger partial charge in [-0.2, -0.15) is 0 Å². The molecule has 5 nitrogen and oxygen atoms in total. The molecule has 0 bridgehead atoms. The number of carbonyl (C=O) groups is 2. The minimum atomic E-state index is -0.750. The van der Waals surface area contributed by atoms with Gasteiger partial charge in [-0.1, -0.05) is 76.7 Å². The molecule has 5 rings (SSSR count). The summed E-state index contributed by atoms with van der Waals surface area (Å²) in [7, 11) is 0. The third kappa shape index (κ3) is 4.69. The van der Waals surface area contributed by atoms with Gasteiger partial charge in [0.2, 0.25) is 0 Å². The van der Waals surface area contributed by atoms with Crippen molar-refractivity contribution >= 4 is 63.9 Å². The molecule has 3 aromatic rings. The maximum Gasteiger partial charge on any atom is 0.336 e. The minimum Gasteiger partial charge on any atom is -0.486 e. The van der Waals surface area contributed by atoms with Crippen molar-refractivity contribution in [2.75, 3.05) is 6.61 Å². The highest BCUT2D eigenvalue weighted by Crippen LogP contribution is 2.49. The molecule has 194 valence electrons. The zero-order valence-corrected chi connectivity index (χ0v) is 23.4. The Kier molecular flexibility index (Phi) is 7.47. The van der Waals surface area contributed by atoms with Crippen LogP contribution in [0.4, 0.5) is 0 Å². The van der Waals surface area contributed by atoms with Gasteiger partial charge in [-0.25, -0.2) is 4.79 Å². The molecule has 1 aliphatic carbocycles. The minimum absolute atomic E-state index is 0.109. The Hall–Kier alpha value is -2.96. The van der Waals surface area contributed by atoms with E-state index in [1.54, 1.807) is 50.2 Å². The van der Waals surface area contributed by atoms with Crippen LogP contribution < -0.4 is 10.1 Å². The average Bonchev–Trinajstić information content (AvgIpc) is 3.15. The van der Waals surface area contributed by atoms with Gasteiger partial charge in [0.1, 0.15) is 6.61 Å². The summed E-state index contributed by atoms with van der Waals surface area (Å²) in [6.45, 7) is 3.81. The first-order valence-corrected chi connectivity index (χ1v) is 13.3. The molecule has 0 radical (unpaired) electrons. The van der Waals surface area contributed by atoms with Crippen LogP contribution in [0.3, 0.4) is 0 Å². The fourth-order valence-corrected chi connectivity index (χ4v) is 5.89. The molecule has 2 aliphatic rings. The van der Waals surface area contributed by atoms with Crippen molar-refractivity contribution in [3.05, 3.63) is 114 Å². The van der Waals surface area contributed by atoms with Crippen LogP contribution in [0.1, 0.15) is 46.8 Å². The van der Waals surface area contributed by atoms with Gasteiger partial charge < -0.3 is 14.8 Å². The van der Waals surface area contributed by atoms with Crippen LogP contribution in [0.25, 0.3) is 5.70 Å². The Morgan fingerprint density at radius 2 is 1.63 bits per heavy atom. The molecule has 0 amide bonds. The van der Waals surface area contributed by atoms with E-state index in [1.165, 1.54) is 0 Å². The van der Waals surface area contributed by atoms with Crippen molar-refractivity contribution in [3.63, 3.8) is 0 Å². The number of hydrogen-bond donors (Lipinski definition) is 1. The number of esters is 1. The SMILES string of the molecule is CCOC(=O)C1=C(C)NC2=C(C(=O)c3ccccc32)[C@H]1c1cc(Cl)c(OCc2ccc(Cl)cc2Cl)c(Cl)c1. The molecule has 3 aromatic carbocycles. The Morgan fingerprint density at radius 3 is 2.29 bits per heavy atom. The third-order valence-corrected chi connectivity index (χ3v) is 7.63. The number of ketones is 1. The molecule has 0 unspecified atom stereocenters. The fourth-order valence-electron chi connectivity index (χ4n) is 4.81. The number of nitrogens with one attached hydrogen (secondary N) is 1. The van der Waals surface area contributed by atoms with Crippen LogP contribution in [0.5, 0.6) is 5.75 Å². The summed E-state index contributed by atoms with van der Waals surface area (Å²) in [5.74, 6) is -1.19. The second-order valence-electron chi connectivity index (χ2n) is 8.82. The highest BCUT2D eigenvalue weighted by atomic mass is 35.5. The number of rotatable bonds is 6. The second-order valence-corrected chi connectivity index (χ2v) is 10.5. The summed E-state index contributed by atoms with van der Waals surface area (Å²) in [6, 6.07) is 15.7. The Balaban J connectivity index is 1.57. The summed E-state index contributed by atoms with van der Waals surface area (Å²) in [4.78, 5) is 26.8. The molecule has 0 fully saturated rings. The van der Waals surface area contributed by atoms with Crippen LogP contribution in [-0.4, -0.2) is 18.4 Å². The number of ether oxygens (including phenoxy) is 2. The van der Waals surface area contributed by atoms with Gasteiger partial charge in [0, 0.05) is 43.9 Å². The van der Waals surface area contributed by atoms with Crippen LogP contribution in [0.2, 0.25) is 20.1 Å². The number of fused-ring (bicyclic) bond motifs is 2. The normalized spacial score (nSPS) is 16.3. The van der Waals surface area contributed by atoms with Crippen molar-refractivity contribution in [3.8, 4) is 5.75 Å².